The molecule has 0 bridgehead atoms. The van der Waals surface area contributed by atoms with E-state index in [1.54, 1.807) is 37.6 Å². The molecule has 24 heteroatoms. The fourth-order valence-corrected chi connectivity index (χ4v) is 12.0. The maximum Gasteiger partial charge on any atom is 0.251 e. The SMILES string of the molecule is COc1cc(C(=O)NCCOCCOCCOCCOCC(=O)N[C@H](C(=O)N2C[C@H](O)C[C@H]2C(=O)NCc2ccc(-c3scnc3C)cc2)C(C)(C)C)ccc1NC(=O)[C@@H]1NC(CC(C)(C)C)[C@](C#N)(c2ccc(Cl)cc2F)[C@H]1c1cccc(Cl)c1F. The summed E-state index contributed by atoms with van der Waals surface area (Å²) in [5.41, 5.74) is 1.87. The number of methoxy groups -OCH3 is 1. The highest BCUT2D eigenvalue weighted by Gasteiger charge is 2.61. The molecule has 7 atom stereocenters. The van der Waals surface area contributed by atoms with Crippen LogP contribution in [0.2, 0.25) is 10.0 Å². The van der Waals surface area contributed by atoms with E-state index in [0.717, 1.165) is 27.8 Å². The molecule has 4 aromatic carbocycles. The van der Waals surface area contributed by atoms with Gasteiger partial charge in [-0.2, -0.15) is 5.26 Å². The van der Waals surface area contributed by atoms with Gasteiger partial charge in [-0.15, -0.1) is 11.3 Å². The summed E-state index contributed by atoms with van der Waals surface area (Å²) >= 11 is 14.0. The van der Waals surface area contributed by atoms with Crippen LogP contribution in [0.5, 0.6) is 5.75 Å². The lowest BCUT2D eigenvalue weighted by molar-refractivity contribution is -0.144. The van der Waals surface area contributed by atoms with E-state index >= 15 is 8.78 Å². The van der Waals surface area contributed by atoms with Crippen LogP contribution in [0.1, 0.15) is 93.0 Å². The zero-order chi connectivity index (χ0) is 63.2. The quantitative estimate of drug-likeness (QED) is 0.0271. The largest absolute Gasteiger partial charge is 0.495 e. The molecule has 6 N–H and O–H groups in total. The maximum atomic E-state index is 16.2. The number of halogens is 4. The van der Waals surface area contributed by atoms with Crippen LogP contribution in [-0.2, 0) is 50.1 Å². The molecular formula is C63H76Cl2F2N8O11S. The number of ether oxygens (including phenoxy) is 5. The second-order valence-corrected chi connectivity index (χ2v) is 25.4. The monoisotopic (exact) mass is 1260 g/mol. The van der Waals surface area contributed by atoms with Crippen LogP contribution in [-0.4, -0.2) is 148 Å². The van der Waals surface area contributed by atoms with E-state index in [1.807, 2.05) is 52.0 Å². The molecule has 2 aliphatic heterocycles. The van der Waals surface area contributed by atoms with Crippen LogP contribution in [0.4, 0.5) is 14.5 Å². The molecule has 0 saturated carbocycles. The van der Waals surface area contributed by atoms with E-state index in [9.17, 15) is 34.3 Å². The fraction of sp³-hybridized carbons (Fsp3) is 0.476. The number of anilines is 1. The lowest BCUT2D eigenvalue weighted by Crippen LogP contribution is -2.58. The van der Waals surface area contributed by atoms with Crippen molar-refractivity contribution >= 4 is 69.8 Å². The molecule has 0 spiro atoms. The molecule has 5 amide bonds. The Morgan fingerprint density at radius 2 is 1.56 bits per heavy atom. The number of β-amino-alcohol motifs (C(OH)–C–C–N with tert-alkyl or cyclic N) is 1. The Hall–Kier alpha value is -6.65. The third-order valence-corrected chi connectivity index (χ3v) is 16.6. The molecule has 1 unspecified atom stereocenters. The highest BCUT2D eigenvalue weighted by atomic mass is 35.5. The first-order chi connectivity index (χ1) is 41.4. The number of carbonyl (C=O) groups excluding carboxylic acids is 5. The normalized spacial score (nSPS) is 19.7. The number of rotatable bonds is 27. The van der Waals surface area contributed by atoms with Gasteiger partial charge in [0.2, 0.25) is 23.6 Å². The van der Waals surface area contributed by atoms with Gasteiger partial charge in [-0.3, -0.25) is 24.0 Å². The summed E-state index contributed by atoms with van der Waals surface area (Å²) in [6, 6.07) is 18.6. The molecule has 1 aromatic heterocycles. The van der Waals surface area contributed by atoms with Gasteiger partial charge in [0.05, 0.1) is 98.4 Å². The van der Waals surface area contributed by atoms with E-state index in [0.29, 0.717) is 0 Å². The van der Waals surface area contributed by atoms with E-state index < -0.39 is 93.6 Å². The van der Waals surface area contributed by atoms with Crippen LogP contribution in [0.25, 0.3) is 10.4 Å². The Labute approximate surface area is 520 Å². The third kappa shape index (κ3) is 17.4. The van der Waals surface area contributed by atoms with Gasteiger partial charge in [-0.05, 0) is 77.3 Å². The number of hydrogen-bond donors (Lipinski definition) is 6. The number of aliphatic hydroxyl groups is 1. The van der Waals surface area contributed by atoms with Crippen LogP contribution >= 0.6 is 34.5 Å². The summed E-state index contributed by atoms with van der Waals surface area (Å²) in [4.78, 5) is 75.0. The van der Waals surface area contributed by atoms with Gasteiger partial charge in [0.1, 0.15) is 41.5 Å². The molecule has 5 aromatic rings. The minimum absolute atomic E-state index is 0.0514. The van der Waals surface area contributed by atoms with Crippen molar-refractivity contribution in [3.8, 4) is 22.3 Å². The lowest BCUT2D eigenvalue weighted by atomic mass is 9.62. The minimum atomic E-state index is -1.83. The van der Waals surface area contributed by atoms with Crippen molar-refractivity contribution in [1.82, 2.24) is 31.2 Å². The number of aromatic nitrogens is 1. The van der Waals surface area contributed by atoms with Gasteiger partial charge >= 0.3 is 0 Å². The smallest absolute Gasteiger partial charge is 0.251 e. The number of benzene rings is 4. The predicted molar refractivity (Wildman–Crippen MR) is 327 cm³/mol. The van der Waals surface area contributed by atoms with Gasteiger partial charge in [0.25, 0.3) is 5.91 Å². The number of aliphatic hydroxyl groups excluding tert-OH is 1. The molecule has 2 aliphatic rings. The number of likely N-dealkylation sites (tertiary alicyclic amines) is 1. The molecular weight excluding hydrogens is 1190 g/mol. The molecule has 0 aliphatic carbocycles. The number of thiazole rings is 1. The Morgan fingerprint density at radius 1 is 0.885 bits per heavy atom. The molecule has 3 heterocycles. The van der Waals surface area contributed by atoms with Crippen LogP contribution in [0, 0.1) is 40.7 Å². The van der Waals surface area contributed by atoms with Crippen LogP contribution in [0.3, 0.4) is 0 Å². The second-order valence-electron chi connectivity index (χ2n) is 23.7. The summed E-state index contributed by atoms with van der Waals surface area (Å²) in [6.45, 7) is 14.5. The highest BCUT2D eigenvalue weighted by molar-refractivity contribution is 7.13. The van der Waals surface area contributed by atoms with E-state index in [-0.39, 0.29) is 124 Å². The van der Waals surface area contributed by atoms with Crippen LogP contribution < -0.4 is 31.3 Å². The van der Waals surface area contributed by atoms with Crippen molar-refractivity contribution in [3.05, 3.63) is 134 Å². The molecule has 2 saturated heterocycles. The number of nitrogens with one attached hydrogen (secondary N) is 5. The first kappa shape index (κ1) is 67.9. The molecule has 2 fully saturated rings. The van der Waals surface area contributed by atoms with E-state index in [1.165, 1.54) is 60.5 Å². The first-order valence-corrected chi connectivity index (χ1v) is 30.2. The molecule has 0 radical (unpaired) electrons. The molecule has 7 rings (SSSR count). The average Bonchev–Trinajstić information content (AvgIpc) is 1.60. The Balaban J connectivity index is 0.795. The number of amides is 5. The summed E-state index contributed by atoms with van der Waals surface area (Å²) in [6.07, 6.45) is -0.565. The standard InChI is InChI=1S/C63H76Cl2F2N8O11S/c1-37-55(87-36-71-37)39-14-12-38(13-15-39)32-70-58(79)48-30-42(76)33-75(48)60(81)56(62(5,6)7)74-51(77)34-86-27-26-85-25-24-84-23-22-83-21-20-69-57(78)40-16-19-47(49(28-40)82-8)72-59(80)54-52(43-10-9-11-45(65)53(43)67)63(35-68,50(73-54)31-61(2,3)4)44-18-17-41(64)29-46(44)66/h9-19,28-29,36,42,48,50,52,54,56,73,76H,20-27,30-34H2,1-8H3,(H,69,78)(H,70,79)(H,72,80)(H,74,77)/t42-,48+,50?,52+,54-,56-,63+/m1/s1. The van der Waals surface area contributed by atoms with Crippen molar-refractivity contribution in [2.45, 2.75) is 109 Å². The van der Waals surface area contributed by atoms with Gasteiger partial charge < -0.3 is 60.3 Å². The summed E-state index contributed by atoms with van der Waals surface area (Å²) < 4.78 is 60.1. The summed E-state index contributed by atoms with van der Waals surface area (Å²) in [5, 5.41) is 36.2. The number of nitrogens with zero attached hydrogens (tertiary/aromatic N) is 3. The Morgan fingerprint density at radius 3 is 2.18 bits per heavy atom. The first-order valence-electron chi connectivity index (χ1n) is 28.6. The van der Waals surface area contributed by atoms with Gasteiger partial charge in [0.15, 0.2) is 0 Å². The summed E-state index contributed by atoms with van der Waals surface area (Å²) in [7, 11) is 1.36. The van der Waals surface area contributed by atoms with Crippen molar-refractivity contribution < 1.29 is 61.5 Å². The Bertz CT molecular complexity index is 3270. The van der Waals surface area contributed by atoms with E-state index in [2.05, 4.69) is 37.6 Å². The number of aryl methyl sites for hydroxylation is 1. The van der Waals surface area contributed by atoms with Crippen molar-refractivity contribution in [1.29, 1.82) is 5.26 Å². The topological polar surface area (TPSA) is 252 Å². The van der Waals surface area contributed by atoms with Crippen molar-refractivity contribution in [3.63, 3.8) is 0 Å². The number of carbonyl (C=O) groups is 5. The lowest BCUT2D eigenvalue weighted by Gasteiger charge is -2.37. The zero-order valence-electron chi connectivity index (χ0n) is 50.0. The zero-order valence-corrected chi connectivity index (χ0v) is 52.4. The maximum absolute atomic E-state index is 16.2. The molecule has 468 valence electrons. The summed E-state index contributed by atoms with van der Waals surface area (Å²) in [5.74, 6) is -5.36. The predicted octanol–water partition coefficient (Wildman–Crippen LogP) is 8.28. The van der Waals surface area contributed by atoms with Gasteiger partial charge in [0, 0.05) is 54.2 Å². The highest BCUT2D eigenvalue weighted by Crippen LogP contribution is 2.53. The molecule has 87 heavy (non-hydrogen) atoms. The van der Waals surface area contributed by atoms with Gasteiger partial charge in [-0.25, -0.2) is 13.8 Å². The Kier molecular flexibility index (Phi) is 23.8. The van der Waals surface area contributed by atoms with E-state index in [4.69, 9.17) is 46.9 Å². The minimum Gasteiger partial charge on any atom is -0.495 e. The fourth-order valence-electron chi connectivity index (χ4n) is 10.8. The third-order valence-electron chi connectivity index (χ3n) is 15.0. The molecule has 19 nitrogen and oxygen atoms in total. The number of nitriles is 1. The van der Waals surface area contributed by atoms with Gasteiger partial charge in [-0.1, -0.05) is 107 Å². The van der Waals surface area contributed by atoms with Crippen LogP contribution in [0.15, 0.2) is 84.4 Å². The number of hydrogen-bond acceptors (Lipinski definition) is 15. The average molecular weight is 1260 g/mol. The van der Waals surface area contributed by atoms with Crippen molar-refractivity contribution in [2.24, 2.45) is 10.8 Å². The van der Waals surface area contributed by atoms with Crippen molar-refractivity contribution in [2.75, 3.05) is 78.4 Å². The second kappa shape index (κ2) is 30.5.